The van der Waals surface area contributed by atoms with Gasteiger partial charge >= 0.3 is 6.09 Å². The minimum Gasteiger partial charge on any atom is -0.444 e. The van der Waals surface area contributed by atoms with Gasteiger partial charge in [-0.15, -0.1) is 4.83 Å². The molecule has 1 unspecified atom stereocenters. The van der Waals surface area contributed by atoms with E-state index in [1.807, 2.05) is 31.2 Å². The summed E-state index contributed by atoms with van der Waals surface area (Å²) in [4.78, 5) is 28.4. The summed E-state index contributed by atoms with van der Waals surface area (Å²) in [5.74, 6) is -2.23. The van der Waals surface area contributed by atoms with E-state index in [1.54, 1.807) is 33.8 Å². The molecule has 0 saturated carbocycles. The zero-order valence-corrected chi connectivity index (χ0v) is 21.5. The molecule has 0 spiro atoms. The van der Waals surface area contributed by atoms with Gasteiger partial charge in [0, 0.05) is 13.1 Å². The molecule has 1 heterocycles. The van der Waals surface area contributed by atoms with Crippen LogP contribution in [0.4, 0.5) is 9.18 Å². The Labute approximate surface area is 205 Å². The van der Waals surface area contributed by atoms with Gasteiger partial charge in [-0.05, 0) is 75.8 Å². The van der Waals surface area contributed by atoms with E-state index < -0.39 is 33.4 Å². The van der Waals surface area contributed by atoms with Crippen LogP contribution < -0.4 is 10.3 Å². The molecule has 1 aliphatic rings. The summed E-state index contributed by atoms with van der Waals surface area (Å²) in [6.45, 7) is 9.38. The van der Waals surface area contributed by atoms with Crippen LogP contribution in [0, 0.1) is 25.6 Å². The second-order valence-corrected chi connectivity index (χ2v) is 11.7. The summed E-state index contributed by atoms with van der Waals surface area (Å²) in [6.07, 6.45) is -0.00140. The Bertz CT molecular complexity index is 1220. The van der Waals surface area contributed by atoms with Crippen LogP contribution in [0.5, 0.6) is 0 Å². The fourth-order valence-electron chi connectivity index (χ4n) is 3.93. The van der Waals surface area contributed by atoms with Crippen molar-refractivity contribution in [2.75, 3.05) is 18.8 Å². The maximum Gasteiger partial charge on any atom is 0.410 e. The molecular weight excluding hydrogens is 473 g/mol. The topological polar surface area (TPSA) is 105 Å². The molecule has 190 valence electrons. The third-order valence-corrected chi connectivity index (χ3v) is 6.89. The number of hydrogen-bond donors (Lipinski definition) is 2. The van der Waals surface area contributed by atoms with Crippen molar-refractivity contribution in [1.29, 1.82) is 0 Å². The highest BCUT2D eigenvalue weighted by atomic mass is 32.2. The van der Waals surface area contributed by atoms with E-state index in [9.17, 15) is 22.4 Å². The number of sulfonamides is 1. The van der Waals surface area contributed by atoms with Gasteiger partial charge in [-0.25, -0.2) is 17.6 Å². The monoisotopic (exact) mass is 505 g/mol. The number of likely N-dealkylation sites (tertiary alicyclic amines) is 1. The molecule has 1 atom stereocenters. The van der Waals surface area contributed by atoms with Gasteiger partial charge in [-0.3, -0.25) is 10.2 Å². The quantitative estimate of drug-likeness (QED) is 0.579. The number of ether oxygens (including phenoxy) is 1. The fourth-order valence-corrected chi connectivity index (χ4v) is 5.15. The molecule has 0 bridgehead atoms. The Hall–Kier alpha value is -2.98. The van der Waals surface area contributed by atoms with Crippen LogP contribution in [0.2, 0.25) is 0 Å². The number of aryl methyl sites for hydroxylation is 2. The number of carbonyl (C=O) groups excluding carboxylic acids is 2. The Morgan fingerprint density at radius 3 is 2.51 bits per heavy atom. The van der Waals surface area contributed by atoms with Crippen LogP contribution >= 0.6 is 0 Å². The second kappa shape index (κ2) is 10.3. The van der Waals surface area contributed by atoms with Crippen LogP contribution in [-0.4, -0.2) is 49.8 Å². The second-order valence-electron chi connectivity index (χ2n) is 9.94. The van der Waals surface area contributed by atoms with Gasteiger partial charge in [0.1, 0.15) is 11.4 Å². The van der Waals surface area contributed by atoms with Crippen molar-refractivity contribution in [2.45, 2.75) is 46.6 Å². The van der Waals surface area contributed by atoms with E-state index in [-0.39, 0.29) is 29.3 Å². The number of nitrogens with one attached hydrogen (secondary N) is 2. The van der Waals surface area contributed by atoms with Crippen LogP contribution in [0.3, 0.4) is 0 Å². The smallest absolute Gasteiger partial charge is 0.410 e. The van der Waals surface area contributed by atoms with E-state index in [1.165, 1.54) is 11.0 Å². The number of hydrogen-bond acceptors (Lipinski definition) is 5. The molecule has 2 aromatic carbocycles. The lowest BCUT2D eigenvalue weighted by Crippen LogP contribution is -2.44. The molecule has 8 nitrogen and oxygen atoms in total. The van der Waals surface area contributed by atoms with Crippen molar-refractivity contribution < 1.29 is 27.1 Å². The Morgan fingerprint density at radius 1 is 1.14 bits per heavy atom. The van der Waals surface area contributed by atoms with Gasteiger partial charge in [0.2, 0.25) is 10.0 Å². The molecular formula is C25H32FN3O5S. The lowest BCUT2D eigenvalue weighted by molar-refractivity contribution is 0.0289. The summed E-state index contributed by atoms with van der Waals surface area (Å²) in [6, 6.07) is 10.6. The van der Waals surface area contributed by atoms with Crippen LogP contribution in [0.25, 0.3) is 11.1 Å². The number of halogens is 1. The van der Waals surface area contributed by atoms with Crippen molar-refractivity contribution in [3.05, 3.63) is 58.9 Å². The van der Waals surface area contributed by atoms with Crippen molar-refractivity contribution in [3.63, 3.8) is 0 Å². The van der Waals surface area contributed by atoms with Crippen molar-refractivity contribution in [2.24, 2.45) is 5.92 Å². The highest BCUT2D eigenvalue weighted by Crippen LogP contribution is 2.26. The molecule has 2 amide bonds. The average molecular weight is 506 g/mol. The van der Waals surface area contributed by atoms with Crippen LogP contribution in [-0.2, 0) is 14.8 Å². The number of hydrazine groups is 1. The molecule has 10 heteroatoms. The maximum absolute atomic E-state index is 14.7. The fraction of sp³-hybridized carbons (Fsp3) is 0.440. The first-order chi connectivity index (χ1) is 16.2. The van der Waals surface area contributed by atoms with Crippen LogP contribution in [0.15, 0.2) is 36.4 Å². The highest BCUT2D eigenvalue weighted by Gasteiger charge is 2.32. The number of carbonyl (C=O) groups is 2. The SMILES string of the molecule is Cc1cccc(-c2cc(C)c(F)c(C(=O)NNS(=O)(=O)CC3CCN(C(=O)OC(C)(C)C)C3)c2)c1. The Kier molecular flexibility index (Phi) is 7.86. The van der Waals surface area contributed by atoms with E-state index in [4.69, 9.17) is 4.74 Å². The van der Waals surface area contributed by atoms with Gasteiger partial charge in [-0.2, -0.15) is 0 Å². The maximum atomic E-state index is 14.7. The van der Waals surface area contributed by atoms with Gasteiger partial charge in [0.25, 0.3) is 5.91 Å². The number of nitrogens with zero attached hydrogens (tertiary/aromatic N) is 1. The first kappa shape index (κ1) is 26.6. The molecule has 1 aliphatic heterocycles. The lowest BCUT2D eigenvalue weighted by Gasteiger charge is -2.24. The van der Waals surface area contributed by atoms with E-state index in [2.05, 4.69) is 10.3 Å². The molecule has 0 aliphatic carbocycles. The summed E-state index contributed by atoms with van der Waals surface area (Å²) in [7, 11) is -3.93. The number of rotatable bonds is 6. The van der Waals surface area contributed by atoms with E-state index >= 15 is 0 Å². The molecule has 0 aromatic heterocycles. The largest absolute Gasteiger partial charge is 0.444 e. The third-order valence-electron chi connectivity index (χ3n) is 5.56. The highest BCUT2D eigenvalue weighted by molar-refractivity contribution is 7.89. The predicted octanol–water partition coefficient (Wildman–Crippen LogP) is 3.93. The van der Waals surface area contributed by atoms with Gasteiger partial charge in [-0.1, -0.05) is 29.8 Å². The van der Waals surface area contributed by atoms with E-state index in [0.29, 0.717) is 18.5 Å². The van der Waals surface area contributed by atoms with Gasteiger partial charge < -0.3 is 9.64 Å². The Balaban J connectivity index is 1.63. The van der Waals surface area contributed by atoms with E-state index in [0.717, 1.165) is 11.1 Å². The number of benzene rings is 2. The van der Waals surface area contributed by atoms with Crippen molar-refractivity contribution >= 4 is 22.0 Å². The summed E-state index contributed by atoms with van der Waals surface area (Å²) >= 11 is 0. The summed E-state index contributed by atoms with van der Waals surface area (Å²) < 4.78 is 45.2. The Morgan fingerprint density at radius 2 is 1.86 bits per heavy atom. The van der Waals surface area contributed by atoms with Crippen molar-refractivity contribution in [3.8, 4) is 11.1 Å². The lowest BCUT2D eigenvalue weighted by atomic mass is 9.98. The predicted molar refractivity (Wildman–Crippen MR) is 132 cm³/mol. The van der Waals surface area contributed by atoms with Gasteiger partial charge in [0.15, 0.2) is 0 Å². The molecule has 3 rings (SSSR count). The molecule has 0 radical (unpaired) electrons. The minimum atomic E-state index is -3.93. The first-order valence-electron chi connectivity index (χ1n) is 11.4. The molecule has 1 fully saturated rings. The summed E-state index contributed by atoms with van der Waals surface area (Å²) in [5, 5.41) is 0. The first-order valence-corrected chi connectivity index (χ1v) is 13.0. The molecule has 2 aromatic rings. The number of amides is 2. The average Bonchev–Trinajstić information content (AvgIpc) is 3.20. The zero-order chi connectivity index (χ0) is 26.0. The molecule has 1 saturated heterocycles. The van der Waals surface area contributed by atoms with Crippen molar-refractivity contribution in [1.82, 2.24) is 15.2 Å². The normalized spacial score (nSPS) is 16.3. The third kappa shape index (κ3) is 7.25. The van der Waals surface area contributed by atoms with Gasteiger partial charge in [0.05, 0.1) is 11.3 Å². The molecule has 2 N–H and O–H groups in total. The minimum absolute atomic E-state index is 0.232. The standard InChI is InChI=1S/C25H32FN3O5S/c1-16-7-6-8-19(11-16)20-12-17(2)22(26)21(13-20)23(30)27-28-35(32,33)15-18-9-10-29(14-18)24(31)34-25(3,4)5/h6-8,11-13,18,28H,9-10,14-15H2,1-5H3,(H,27,30). The molecule has 35 heavy (non-hydrogen) atoms. The zero-order valence-electron chi connectivity index (χ0n) is 20.6. The van der Waals surface area contributed by atoms with Crippen LogP contribution in [0.1, 0.15) is 48.7 Å². The summed E-state index contributed by atoms with van der Waals surface area (Å²) in [5.41, 5.74) is 3.96.